The van der Waals surface area contributed by atoms with Crippen LogP contribution in [0.15, 0.2) is 261 Å². The molecule has 6 aromatic carbocycles. The Morgan fingerprint density at radius 2 is 0.526 bits per heavy atom. The van der Waals surface area contributed by atoms with Crippen LogP contribution in [0, 0.1) is 0 Å². The second kappa shape index (κ2) is 17.9. The van der Waals surface area contributed by atoms with Gasteiger partial charge in [0.2, 0.25) is 0 Å². The summed E-state index contributed by atoms with van der Waals surface area (Å²) in [5.74, 6) is 2.19. The lowest BCUT2D eigenvalue weighted by Crippen LogP contribution is -2.21. The molecular formula is C78H64. The van der Waals surface area contributed by atoms with E-state index in [1.54, 1.807) is 145 Å². The van der Waals surface area contributed by atoms with E-state index in [4.69, 9.17) is 0 Å². The molecule has 20 rings (SSSR count). The van der Waals surface area contributed by atoms with Gasteiger partial charge in [-0.25, -0.2) is 0 Å². The minimum Gasteiger partial charge on any atom is -0.0801 e. The number of fused-ring (bicyclic) bond motifs is 10. The van der Waals surface area contributed by atoms with Crippen molar-refractivity contribution in [1.29, 1.82) is 0 Å². The van der Waals surface area contributed by atoms with Gasteiger partial charge in [0.25, 0.3) is 0 Å². The molecule has 0 saturated heterocycles. The van der Waals surface area contributed by atoms with Gasteiger partial charge in [0.15, 0.2) is 0 Å². The third kappa shape index (κ3) is 6.97. The van der Waals surface area contributed by atoms with Crippen molar-refractivity contribution in [3.8, 4) is 0 Å². The summed E-state index contributed by atoms with van der Waals surface area (Å²) in [6.45, 7) is 0. The fourth-order valence-electron chi connectivity index (χ4n) is 17.3. The zero-order valence-corrected chi connectivity index (χ0v) is 44.7. The first-order valence-electron chi connectivity index (χ1n) is 29.6. The second-order valence-electron chi connectivity index (χ2n) is 24.5. The molecule has 2 unspecified atom stereocenters. The Labute approximate surface area is 461 Å². The smallest absolute Gasteiger partial charge is 0.0345 e. The minimum atomic E-state index is 0.518. The molecule has 376 valence electrons. The molecule has 0 aromatic heterocycles. The molecule has 0 nitrogen and oxygen atoms in total. The molecule has 0 N–H and O–H groups in total. The normalized spacial score (nSPS) is 22.2. The number of allylic oxidation sites excluding steroid dienone is 24. The van der Waals surface area contributed by atoms with E-state index < -0.39 is 0 Å². The van der Waals surface area contributed by atoms with Crippen LogP contribution in [-0.4, -0.2) is 0 Å². The molecule has 0 heterocycles. The van der Waals surface area contributed by atoms with Crippen LogP contribution in [0.25, 0.3) is 0 Å². The Kier molecular flexibility index (Phi) is 10.4. The van der Waals surface area contributed by atoms with Crippen LogP contribution in [0.3, 0.4) is 0 Å². The quantitative estimate of drug-likeness (QED) is 0.142. The molecule has 2 atom stereocenters. The molecule has 0 amide bonds. The fourth-order valence-corrected chi connectivity index (χ4v) is 17.3. The second-order valence-corrected chi connectivity index (χ2v) is 24.5. The first-order chi connectivity index (χ1) is 38.7. The van der Waals surface area contributed by atoms with Gasteiger partial charge < -0.3 is 0 Å². The van der Waals surface area contributed by atoms with E-state index in [0.29, 0.717) is 23.7 Å². The third-order valence-electron chi connectivity index (χ3n) is 20.6. The molecule has 0 fully saturated rings. The SMILES string of the molecule is C1=CC2=C(C1)C1C3=C(C=CC3)Cc3cccc(c31)C2.C1=CC2=C(C1)C1c3ccccc3Cc3cccc(c31)C2.C1=CC2=C(C1)C1c3ccccc3Cc3cccc(c31)C2.C1=CC2=C(C1)Cc1cccc3c1C2C1=C(CC=C1)C3. The summed E-state index contributed by atoms with van der Waals surface area (Å²) in [4.78, 5) is 0. The predicted molar refractivity (Wildman–Crippen MR) is 320 cm³/mol. The van der Waals surface area contributed by atoms with E-state index in [0.717, 1.165) is 51.4 Å². The van der Waals surface area contributed by atoms with Crippen LogP contribution in [-0.2, 0) is 51.4 Å². The van der Waals surface area contributed by atoms with Crippen molar-refractivity contribution in [1.82, 2.24) is 0 Å². The molecule has 0 aliphatic heterocycles. The molecule has 0 saturated carbocycles. The van der Waals surface area contributed by atoms with Gasteiger partial charge in [0.05, 0.1) is 0 Å². The van der Waals surface area contributed by atoms with Gasteiger partial charge in [-0.2, -0.15) is 0 Å². The van der Waals surface area contributed by atoms with Crippen molar-refractivity contribution in [2.45, 2.75) is 114 Å². The Balaban J connectivity index is 0.0000000839. The summed E-state index contributed by atoms with van der Waals surface area (Å²) in [6, 6.07) is 45.7. The van der Waals surface area contributed by atoms with E-state index in [2.05, 4.69) is 194 Å². The summed E-state index contributed by atoms with van der Waals surface area (Å²) in [7, 11) is 0. The summed E-state index contributed by atoms with van der Waals surface area (Å²) in [5, 5.41) is 0. The zero-order chi connectivity index (χ0) is 51.0. The lowest BCUT2D eigenvalue weighted by molar-refractivity contribution is 0.775. The number of hydrogen-bond donors (Lipinski definition) is 0. The lowest BCUT2D eigenvalue weighted by atomic mass is 9.68. The van der Waals surface area contributed by atoms with E-state index in [1.165, 1.54) is 49.7 Å². The average molecular weight is 1000 g/mol. The van der Waals surface area contributed by atoms with Gasteiger partial charge in [-0.15, -0.1) is 0 Å². The zero-order valence-electron chi connectivity index (χ0n) is 44.7. The topological polar surface area (TPSA) is 0 Å². The molecule has 78 heavy (non-hydrogen) atoms. The molecule has 0 bridgehead atoms. The highest BCUT2D eigenvalue weighted by Gasteiger charge is 2.40. The van der Waals surface area contributed by atoms with Gasteiger partial charge in [-0.1, -0.05) is 228 Å². The van der Waals surface area contributed by atoms with Crippen molar-refractivity contribution >= 4 is 0 Å². The van der Waals surface area contributed by atoms with E-state index >= 15 is 0 Å². The first-order valence-corrected chi connectivity index (χ1v) is 29.6. The van der Waals surface area contributed by atoms with E-state index in [-0.39, 0.29) is 0 Å². The molecule has 14 aliphatic rings. The van der Waals surface area contributed by atoms with E-state index in [1.807, 2.05) is 0 Å². The highest BCUT2D eigenvalue weighted by molar-refractivity contribution is 5.68. The average Bonchev–Trinajstić information content (AvgIpc) is 4.51. The Morgan fingerprint density at radius 1 is 0.231 bits per heavy atom. The monoisotopic (exact) mass is 1000 g/mol. The number of rotatable bonds is 0. The molecular weight excluding hydrogens is 937 g/mol. The fraction of sp³-hybridized carbons (Fsp3) is 0.231. The minimum absolute atomic E-state index is 0.518. The number of benzene rings is 6. The third-order valence-corrected chi connectivity index (χ3v) is 20.6. The van der Waals surface area contributed by atoms with Gasteiger partial charge in [0.1, 0.15) is 0 Å². The van der Waals surface area contributed by atoms with Crippen LogP contribution in [0.2, 0.25) is 0 Å². The molecule has 6 aromatic rings. The lowest BCUT2D eigenvalue weighted by Gasteiger charge is -2.35. The number of hydrogen-bond acceptors (Lipinski definition) is 0. The van der Waals surface area contributed by atoms with Crippen LogP contribution < -0.4 is 0 Å². The van der Waals surface area contributed by atoms with Crippen LogP contribution >= 0.6 is 0 Å². The highest BCUT2D eigenvalue weighted by atomic mass is 14.4. The summed E-state index contributed by atoms with van der Waals surface area (Å²) in [6.07, 6.45) is 44.4. The highest BCUT2D eigenvalue weighted by Crippen LogP contribution is 2.55. The first kappa shape index (κ1) is 45.2. The van der Waals surface area contributed by atoms with Crippen molar-refractivity contribution in [2.75, 3.05) is 0 Å². The molecule has 0 spiro atoms. The van der Waals surface area contributed by atoms with Crippen molar-refractivity contribution in [3.63, 3.8) is 0 Å². The van der Waals surface area contributed by atoms with Crippen molar-refractivity contribution < 1.29 is 0 Å². The van der Waals surface area contributed by atoms with Gasteiger partial charge in [-0.3, -0.25) is 0 Å². The van der Waals surface area contributed by atoms with Crippen molar-refractivity contribution in [2.24, 2.45) is 0 Å². The Morgan fingerprint density at radius 3 is 0.923 bits per heavy atom. The summed E-state index contributed by atoms with van der Waals surface area (Å²) in [5.41, 5.74) is 44.7. The Bertz CT molecular complexity index is 3830. The van der Waals surface area contributed by atoms with E-state index in [9.17, 15) is 0 Å². The van der Waals surface area contributed by atoms with Gasteiger partial charge in [-0.05, 0) is 212 Å². The van der Waals surface area contributed by atoms with Crippen molar-refractivity contribution in [3.05, 3.63) is 350 Å². The maximum Gasteiger partial charge on any atom is 0.0345 e. The maximum atomic E-state index is 2.39. The van der Waals surface area contributed by atoms with Gasteiger partial charge >= 0.3 is 0 Å². The molecule has 0 radical (unpaired) electrons. The largest absolute Gasteiger partial charge is 0.0801 e. The van der Waals surface area contributed by atoms with Gasteiger partial charge in [0, 0.05) is 23.7 Å². The summed E-state index contributed by atoms with van der Waals surface area (Å²) >= 11 is 0. The molecule has 14 aliphatic carbocycles. The standard InChI is InChI=1S/2C20H16.2C19H16/c2*1-2-9-17-13(5-1)11-15-7-3-8-16-12-14-6-4-10-18(14)20(17)19(15)16;2*1-6-14-10-12-4-2-8-16(12)19-17-9-3-5-13(17)11-15(7-1)18(14)19/h2*1-9,20H,10-12H2;1-3,6-9,19H,4-5,10-11H2;1-7,19H,8-11H2. The molecule has 0 heteroatoms. The Hall–Kier alpha value is -7.80. The van der Waals surface area contributed by atoms with Crippen LogP contribution in [0.4, 0.5) is 0 Å². The predicted octanol–water partition coefficient (Wildman–Crippen LogP) is 17.9. The van der Waals surface area contributed by atoms with Crippen LogP contribution in [0.5, 0.6) is 0 Å². The maximum absolute atomic E-state index is 2.39. The van der Waals surface area contributed by atoms with Crippen LogP contribution in [0.1, 0.15) is 151 Å². The summed E-state index contributed by atoms with van der Waals surface area (Å²) < 4.78 is 0.